The number of sulfone groups is 1. The number of sulfonamides is 4. The molecule has 6 aromatic carbocycles. The number of benzene rings is 6. The molecule has 5 saturated heterocycles. The molecule has 0 atom stereocenters. The topological polar surface area (TPSA) is 253 Å². The van der Waals surface area contributed by atoms with Crippen LogP contribution in [0.2, 0.25) is 0 Å². The molecule has 0 spiro atoms. The summed E-state index contributed by atoms with van der Waals surface area (Å²) in [5.41, 5.74) is 10.5. The van der Waals surface area contributed by atoms with Crippen molar-refractivity contribution in [3.63, 3.8) is 0 Å². The number of aryl methyl sites for hydroxylation is 5. The van der Waals surface area contributed by atoms with Crippen LogP contribution in [-0.4, -0.2) is 155 Å². The summed E-state index contributed by atoms with van der Waals surface area (Å²) >= 11 is 0. The first-order valence-electron chi connectivity index (χ1n) is 29.5. The van der Waals surface area contributed by atoms with Crippen molar-refractivity contribution in [2.24, 2.45) is 17.8 Å². The van der Waals surface area contributed by atoms with E-state index in [2.05, 4.69) is 46.5 Å². The van der Waals surface area contributed by atoms with E-state index in [1.165, 1.54) is 14.2 Å². The van der Waals surface area contributed by atoms with Gasteiger partial charge in [0.05, 0.1) is 56.1 Å². The number of hydrogen-bond donors (Lipinski definition) is 3. The maximum Gasteiger partial charge on any atom is 0.243 e. The molecule has 5 N–H and O–H groups in total. The third kappa shape index (κ3) is 21.7. The molecule has 0 saturated carbocycles. The van der Waals surface area contributed by atoms with E-state index in [4.69, 9.17) is 9.84 Å². The first-order valence-corrected chi connectivity index (χ1v) is 37.0. The van der Waals surface area contributed by atoms with Crippen molar-refractivity contribution in [3.05, 3.63) is 185 Å². The van der Waals surface area contributed by atoms with Crippen molar-refractivity contribution in [1.29, 1.82) is 0 Å². The lowest BCUT2D eigenvalue weighted by atomic mass is 9.99. The number of β-amino-alcohol motifs (C(OH)–C–C–N with tert-alkyl or cyclic N) is 1. The van der Waals surface area contributed by atoms with Gasteiger partial charge in [-0.1, -0.05) is 126 Å². The zero-order valence-electron chi connectivity index (χ0n) is 51.6. The SMILES string of the molecule is Cc1ccc(S(=O)(=O)CC2COC2)cc1.Cc1ccc(S(=O)(=O)N2CC(C)C2)cc1.Cc1ccc(S(=O)(=O)N2CC(O)C2)cc1.Cc1ccc(S(=O)(=O)N2CCC(C[NH3+])CC2)cc1.Cc1ccc(S(=O)(=O)NC2CCN(Cc3ccccc3)CC2)cc1.Cl.[Cl-]. The first kappa shape index (κ1) is 75.1. The average Bonchev–Trinajstić information content (AvgIpc) is 0.973. The number of aliphatic hydroxyl groups is 1. The highest BCUT2D eigenvalue weighted by Crippen LogP contribution is 2.27. The Morgan fingerprint density at radius 2 is 0.854 bits per heavy atom. The zero-order valence-corrected chi connectivity index (χ0v) is 57.3. The number of nitrogens with zero attached hydrogens (tertiary/aromatic N) is 4. The Morgan fingerprint density at radius 3 is 1.21 bits per heavy atom. The monoisotopic (exact) mass is 1360 g/mol. The highest BCUT2D eigenvalue weighted by molar-refractivity contribution is 7.91. The van der Waals surface area contributed by atoms with Gasteiger partial charge < -0.3 is 28.0 Å². The summed E-state index contributed by atoms with van der Waals surface area (Å²) < 4.78 is 134. The van der Waals surface area contributed by atoms with Crippen LogP contribution in [0.3, 0.4) is 0 Å². The normalized spacial score (nSPS) is 17.7. The van der Waals surface area contributed by atoms with Crippen LogP contribution in [0.15, 0.2) is 176 Å². The Bertz CT molecular complexity index is 3630. The highest BCUT2D eigenvalue weighted by atomic mass is 35.5. The molecular formula is C64H88Cl2N6O12S5. The lowest BCUT2D eigenvalue weighted by Gasteiger charge is -2.35. The van der Waals surface area contributed by atoms with Gasteiger partial charge in [-0.15, -0.1) is 12.4 Å². The van der Waals surface area contributed by atoms with Crippen LogP contribution in [0, 0.1) is 52.4 Å². The predicted octanol–water partition coefficient (Wildman–Crippen LogP) is 4.41. The molecule has 11 rings (SSSR count). The van der Waals surface area contributed by atoms with Crippen LogP contribution in [0.5, 0.6) is 0 Å². The second-order valence-electron chi connectivity index (χ2n) is 23.4. The van der Waals surface area contributed by atoms with Crippen LogP contribution in [0.4, 0.5) is 0 Å². The van der Waals surface area contributed by atoms with Gasteiger partial charge in [0, 0.05) is 76.8 Å². The second-order valence-corrected chi connectivity index (χ2v) is 33.0. The van der Waals surface area contributed by atoms with Gasteiger partial charge >= 0.3 is 0 Å². The summed E-state index contributed by atoms with van der Waals surface area (Å²) in [5.74, 6) is 1.45. The smallest absolute Gasteiger partial charge is 0.243 e. The van der Waals surface area contributed by atoms with E-state index in [0.717, 1.165) is 79.7 Å². The van der Waals surface area contributed by atoms with Crippen molar-refractivity contribution in [3.8, 4) is 0 Å². The third-order valence-corrected chi connectivity index (χ3v) is 24.9. The third-order valence-electron chi connectivity index (χ3n) is 15.8. The maximum absolute atomic E-state index is 12.5. The van der Waals surface area contributed by atoms with Gasteiger partial charge in [0.2, 0.25) is 40.1 Å². The maximum atomic E-state index is 12.5. The summed E-state index contributed by atoms with van der Waals surface area (Å²) in [6.45, 7) is 19.5. The van der Waals surface area contributed by atoms with Crippen molar-refractivity contribution in [1.82, 2.24) is 22.5 Å². The largest absolute Gasteiger partial charge is 1.00 e. The van der Waals surface area contributed by atoms with E-state index in [-0.39, 0.29) is 55.6 Å². The van der Waals surface area contributed by atoms with Crippen molar-refractivity contribution in [2.75, 3.05) is 77.9 Å². The Kier molecular flexibility index (Phi) is 28.5. The second kappa shape index (κ2) is 33.8. The molecule has 5 fully saturated rings. The van der Waals surface area contributed by atoms with Crippen molar-refractivity contribution in [2.45, 2.75) is 110 Å². The van der Waals surface area contributed by atoms with Gasteiger partial charge in [-0.05, 0) is 132 Å². The molecule has 490 valence electrons. The number of halogens is 2. The van der Waals surface area contributed by atoms with Gasteiger partial charge in [-0.25, -0.2) is 46.8 Å². The summed E-state index contributed by atoms with van der Waals surface area (Å²) in [5, 5.41) is 9.07. The Balaban J connectivity index is 0.000000204. The molecule has 5 heterocycles. The number of likely N-dealkylation sites (tertiary alicyclic amines) is 1. The fourth-order valence-electron chi connectivity index (χ4n) is 10.1. The molecule has 0 radical (unpaired) electrons. The molecule has 0 aromatic heterocycles. The number of piperidine rings is 2. The molecule has 25 heteroatoms. The van der Waals surface area contributed by atoms with Crippen LogP contribution in [-0.2, 0) is 61.2 Å². The Morgan fingerprint density at radius 1 is 0.483 bits per heavy atom. The highest BCUT2D eigenvalue weighted by Gasteiger charge is 2.36. The van der Waals surface area contributed by atoms with Gasteiger partial charge in [-0.3, -0.25) is 4.90 Å². The quantitative estimate of drug-likeness (QED) is 0.129. The van der Waals surface area contributed by atoms with E-state index in [1.54, 1.807) is 77.1 Å². The van der Waals surface area contributed by atoms with E-state index in [9.17, 15) is 42.1 Å². The lowest BCUT2D eigenvalue weighted by Crippen LogP contribution is -3.00. The summed E-state index contributed by atoms with van der Waals surface area (Å²) in [7, 11) is -16.4. The molecule has 89 heavy (non-hydrogen) atoms. The van der Waals surface area contributed by atoms with Gasteiger partial charge in [0.1, 0.15) is 0 Å². The minimum atomic E-state index is -3.42. The molecule has 18 nitrogen and oxygen atoms in total. The predicted molar refractivity (Wildman–Crippen MR) is 346 cm³/mol. The fraction of sp³-hybridized carbons (Fsp3) is 0.438. The minimum absolute atomic E-state index is 0. The number of aliphatic hydroxyl groups excluding tert-OH is 1. The van der Waals surface area contributed by atoms with E-state index in [1.807, 2.05) is 89.2 Å². The number of hydrogen-bond acceptors (Lipinski definition) is 13. The molecule has 6 aromatic rings. The van der Waals surface area contributed by atoms with Crippen molar-refractivity contribution < 1.29 is 70.1 Å². The summed E-state index contributed by atoms with van der Waals surface area (Å²) in [6.07, 6.45) is 3.03. The molecule has 0 bridgehead atoms. The number of ether oxygens (including phenoxy) is 1. The van der Waals surface area contributed by atoms with Crippen LogP contribution >= 0.6 is 12.4 Å². The molecule has 0 aliphatic carbocycles. The number of rotatable bonds is 15. The Labute approximate surface area is 542 Å². The Hall–Kier alpha value is -4.67. The van der Waals surface area contributed by atoms with Gasteiger partial charge in [0.15, 0.2) is 9.84 Å². The minimum Gasteiger partial charge on any atom is -1.00 e. The lowest BCUT2D eigenvalue weighted by molar-refractivity contribution is -0.380. The standard InChI is InChI=1S/C19H24N2O2S.C13H20N2O2S.C11H15NO2S.C11H14O3S.C10H13NO3S.2ClH/c1-16-7-9-19(10-8-16)24(22,23)20-18-11-13-21(14-12-18)15-17-5-3-2-4-6-17;1-11-2-4-13(5-3-11)18(16,17)15-8-6-12(10-14)7-9-15;1-9-3-5-11(6-4-9)15(13,14)12-7-10(2)8-12;1-9-2-4-11(5-3-9)15(12,13)8-10-6-14-7-10;1-8-2-4-10(5-3-8)15(13,14)11-6-9(12)7-11;;/h2-10,18,20H,11-15H2,1H3;2-5,12H,6-10,14H2,1H3;3-6,10H,7-8H2,1-2H3;2-5,10H,6-8H2,1H3;2-5,9,12H,6-7H2,1H3;2*1H. The fourth-order valence-corrected chi connectivity index (χ4v) is 17.6. The van der Waals surface area contributed by atoms with E-state index >= 15 is 0 Å². The van der Waals surface area contributed by atoms with Gasteiger partial charge in [-0.2, -0.15) is 12.9 Å². The van der Waals surface area contributed by atoms with Crippen LogP contribution < -0.4 is 22.9 Å². The average molecular weight is 1360 g/mol. The van der Waals surface area contributed by atoms with Crippen LogP contribution in [0.25, 0.3) is 0 Å². The first-order chi connectivity index (χ1) is 41.1. The number of quaternary nitrogens is 1. The van der Waals surface area contributed by atoms with E-state index in [0.29, 0.717) is 75.7 Å². The summed E-state index contributed by atoms with van der Waals surface area (Å²) in [4.78, 5) is 4.24. The zero-order chi connectivity index (χ0) is 63.2. The van der Waals surface area contributed by atoms with E-state index < -0.39 is 56.0 Å². The van der Waals surface area contributed by atoms with Gasteiger partial charge in [0.25, 0.3) is 0 Å². The molecule has 0 unspecified atom stereocenters. The molecule has 5 aliphatic heterocycles. The summed E-state index contributed by atoms with van der Waals surface area (Å²) in [6, 6.07) is 45.2. The van der Waals surface area contributed by atoms with Crippen LogP contribution in [0.1, 0.15) is 66.0 Å². The number of nitrogens with one attached hydrogen (secondary N) is 1. The molecule has 5 aliphatic rings. The molecular weight excluding hydrogens is 1280 g/mol. The van der Waals surface area contributed by atoms with Crippen molar-refractivity contribution >= 4 is 62.3 Å². The molecule has 0 amide bonds.